The lowest BCUT2D eigenvalue weighted by Crippen LogP contribution is -1.96. The molecule has 1 rings (SSSR count). The van der Waals surface area contributed by atoms with Crippen molar-refractivity contribution in [2.75, 3.05) is 5.73 Å². The molecule has 13 heavy (non-hydrogen) atoms. The monoisotopic (exact) mass is 175 g/mol. The van der Waals surface area contributed by atoms with Gasteiger partial charge in [0.2, 0.25) is 0 Å². The zero-order chi connectivity index (χ0) is 9.68. The van der Waals surface area contributed by atoms with Gasteiger partial charge in [0.05, 0.1) is 0 Å². The van der Waals surface area contributed by atoms with Gasteiger partial charge < -0.3 is 5.73 Å². The molecular weight excluding hydrogens is 158 g/mol. The van der Waals surface area contributed by atoms with E-state index in [1.807, 2.05) is 18.2 Å². The van der Waals surface area contributed by atoms with Crippen LogP contribution in [-0.2, 0) is 0 Å². The van der Waals surface area contributed by atoms with Crippen LogP contribution in [-0.4, -0.2) is 0 Å². The molecule has 0 spiro atoms. The third-order valence-corrected chi connectivity index (χ3v) is 2.35. The van der Waals surface area contributed by atoms with Crippen LogP contribution in [0.25, 0.3) is 0 Å². The summed E-state index contributed by atoms with van der Waals surface area (Å²) in [5.41, 5.74) is 7.81. The number of hydrogen-bond acceptors (Lipinski definition) is 1. The highest BCUT2D eigenvalue weighted by molar-refractivity contribution is 5.40. The van der Waals surface area contributed by atoms with Gasteiger partial charge in [-0.25, -0.2) is 0 Å². The Hall–Kier alpha value is -1.24. The van der Waals surface area contributed by atoms with Crippen LogP contribution in [0.5, 0.6) is 0 Å². The molecule has 0 amide bonds. The van der Waals surface area contributed by atoms with E-state index < -0.39 is 0 Å². The quantitative estimate of drug-likeness (QED) is 0.551. The van der Waals surface area contributed by atoms with Crippen molar-refractivity contribution in [3.05, 3.63) is 42.5 Å². The summed E-state index contributed by atoms with van der Waals surface area (Å²) in [6.07, 6.45) is 4.17. The molecule has 70 valence electrons. The van der Waals surface area contributed by atoms with Crippen LogP contribution in [0.15, 0.2) is 36.9 Å². The molecule has 0 aliphatic rings. The van der Waals surface area contributed by atoms with Gasteiger partial charge in [-0.05, 0) is 36.5 Å². The minimum Gasteiger partial charge on any atom is -0.399 e. The molecule has 1 atom stereocenters. The maximum atomic E-state index is 5.62. The molecule has 0 heterocycles. The molecule has 0 bridgehead atoms. The van der Waals surface area contributed by atoms with E-state index in [1.165, 1.54) is 5.56 Å². The molecule has 1 aromatic rings. The summed E-state index contributed by atoms with van der Waals surface area (Å²) in [5, 5.41) is 0. The lowest BCUT2D eigenvalue weighted by molar-refractivity contribution is 0.675. The summed E-state index contributed by atoms with van der Waals surface area (Å²) in [6.45, 7) is 5.97. The van der Waals surface area contributed by atoms with Crippen LogP contribution in [0.3, 0.4) is 0 Å². The van der Waals surface area contributed by atoms with Gasteiger partial charge in [-0.1, -0.05) is 25.1 Å². The van der Waals surface area contributed by atoms with Crippen molar-refractivity contribution >= 4 is 5.69 Å². The second kappa shape index (κ2) is 4.70. The minimum atomic E-state index is 0.595. The van der Waals surface area contributed by atoms with Gasteiger partial charge in [0.15, 0.2) is 0 Å². The smallest absolute Gasteiger partial charge is 0.0314 e. The number of hydrogen-bond donors (Lipinski definition) is 1. The minimum absolute atomic E-state index is 0.595. The van der Waals surface area contributed by atoms with Crippen LogP contribution in [0.1, 0.15) is 31.2 Å². The third kappa shape index (κ3) is 2.62. The fourth-order valence-corrected chi connectivity index (χ4v) is 1.51. The highest BCUT2D eigenvalue weighted by atomic mass is 14.5. The molecule has 1 aromatic carbocycles. The first kappa shape index (κ1) is 9.85. The van der Waals surface area contributed by atoms with Gasteiger partial charge in [0.25, 0.3) is 0 Å². The molecule has 0 aliphatic heterocycles. The number of nitrogens with two attached hydrogens (primary N) is 1. The Morgan fingerprint density at radius 2 is 2.00 bits per heavy atom. The summed E-state index contributed by atoms with van der Waals surface area (Å²) in [4.78, 5) is 0. The van der Waals surface area contributed by atoms with Gasteiger partial charge in [0.1, 0.15) is 0 Å². The summed E-state index contributed by atoms with van der Waals surface area (Å²) < 4.78 is 0. The topological polar surface area (TPSA) is 26.0 Å². The number of nitrogen functional groups attached to an aromatic ring is 1. The lowest BCUT2D eigenvalue weighted by Gasteiger charge is -2.12. The van der Waals surface area contributed by atoms with Crippen molar-refractivity contribution < 1.29 is 0 Å². The van der Waals surface area contributed by atoms with E-state index in [2.05, 4.69) is 25.6 Å². The molecular formula is C12H17N. The molecule has 0 saturated heterocycles. The number of rotatable bonds is 4. The van der Waals surface area contributed by atoms with Crippen LogP contribution in [0, 0.1) is 0 Å². The van der Waals surface area contributed by atoms with Crippen LogP contribution in [0.4, 0.5) is 5.69 Å². The van der Waals surface area contributed by atoms with Crippen LogP contribution >= 0.6 is 0 Å². The van der Waals surface area contributed by atoms with E-state index in [-0.39, 0.29) is 0 Å². The average molecular weight is 175 g/mol. The molecule has 1 heteroatoms. The van der Waals surface area contributed by atoms with E-state index in [1.54, 1.807) is 0 Å². The molecule has 0 aliphatic carbocycles. The van der Waals surface area contributed by atoms with Gasteiger partial charge in [-0.2, -0.15) is 0 Å². The van der Waals surface area contributed by atoms with Crippen molar-refractivity contribution in [2.45, 2.75) is 25.7 Å². The van der Waals surface area contributed by atoms with Crippen LogP contribution in [0.2, 0.25) is 0 Å². The Balaban J connectivity index is 2.78. The number of benzene rings is 1. The largest absolute Gasteiger partial charge is 0.399 e. The van der Waals surface area contributed by atoms with Crippen molar-refractivity contribution in [1.29, 1.82) is 0 Å². The second-order valence-electron chi connectivity index (χ2n) is 3.30. The first-order chi connectivity index (χ1) is 6.27. The molecule has 1 unspecified atom stereocenters. The Kier molecular flexibility index (Phi) is 3.56. The molecule has 0 saturated carbocycles. The van der Waals surface area contributed by atoms with E-state index >= 15 is 0 Å². The molecule has 0 aromatic heterocycles. The fourth-order valence-electron chi connectivity index (χ4n) is 1.51. The van der Waals surface area contributed by atoms with E-state index in [9.17, 15) is 0 Å². The molecule has 2 N–H and O–H groups in total. The van der Waals surface area contributed by atoms with E-state index in [0.29, 0.717) is 5.92 Å². The molecule has 0 radical (unpaired) electrons. The maximum absolute atomic E-state index is 5.62. The molecule has 1 nitrogen and oxygen atoms in total. The lowest BCUT2D eigenvalue weighted by atomic mass is 9.93. The van der Waals surface area contributed by atoms with Gasteiger partial charge in [-0.15, -0.1) is 6.58 Å². The van der Waals surface area contributed by atoms with Crippen molar-refractivity contribution in [2.24, 2.45) is 0 Å². The Morgan fingerprint density at radius 1 is 1.38 bits per heavy atom. The van der Waals surface area contributed by atoms with Gasteiger partial charge in [0, 0.05) is 5.69 Å². The van der Waals surface area contributed by atoms with Crippen molar-refractivity contribution in [3.8, 4) is 0 Å². The summed E-state index contributed by atoms with van der Waals surface area (Å²) in [7, 11) is 0. The first-order valence-corrected chi connectivity index (χ1v) is 4.74. The normalized spacial score (nSPS) is 12.4. The Morgan fingerprint density at radius 3 is 2.46 bits per heavy atom. The SMILES string of the molecule is C=CCC(CC)c1ccc(N)cc1. The molecule has 0 fully saturated rings. The summed E-state index contributed by atoms with van der Waals surface area (Å²) >= 11 is 0. The number of anilines is 1. The summed E-state index contributed by atoms with van der Waals surface area (Å²) in [5.74, 6) is 0.595. The fraction of sp³-hybridized carbons (Fsp3) is 0.333. The van der Waals surface area contributed by atoms with Crippen molar-refractivity contribution in [1.82, 2.24) is 0 Å². The Labute approximate surface area is 80.3 Å². The van der Waals surface area contributed by atoms with E-state index in [0.717, 1.165) is 18.5 Å². The standard InChI is InChI=1S/C12H17N/c1-3-5-10(4-2)11-6-8-12(13)9-7-11/h3,6-10H,1,4-5,13H2,2H3. The number of allylic oxidation sites excluding steroid dienone is 1. The predicted molar refractivity (Wildman–Crippen MR) is 58.7 cm³/mol. The zero-order valence-electron chi connectivity index (χ0n) is 8.16. The third-order valence-electron chi connectivity index (χ3n) is 2.35. The van der Waals surface area contributed by atoms with Gasteiger partial charge in [-0.3, -0.25) is 0 Å². The highest BCUT2D eigenvalue weighted by Gasteiger charge is 2.06. The zero-order valence-corrected chi connectivity index (χ0v) is 8.16. The van der Waals surface area contributed by atoms with Gasteiger partial charge >= 0.3 is 0 Å². The van der Waals surface area contributed by atoms with Crippen LogP contribution < -0.4 is 5.73 Å². The highest BCUT2D eigenvalue weighted by Crippen LogP contribution is 2.23. The predicted octanol–water partition coefficient (Wildman–Crippen LogP) is 3.34. The van der Waals surface area contributed by atoms with Crippen molar-refractivity contribution in [3.63, 3.8) is 0 Å². The summed E-state index contributed by atoms with van der Waals surface area (Å²) in [6, 6.07) is 8.13. The maximum Gasteiger partial charge on any atom is 0.0314 e. The van der Waals surface area contributed by atoms with E-state index in [4.69, 9.17) is 5.73 Å². The average Bonchev–Trinajstić information content (AvgIpc) is 2.16. The Bertz CT molecular complexity index is 261. The second-order valence-corrected chi connectivity index (χ2v) is 3.30. The first-order valence-electron chi connectivity index (χ1n) is 4.74.